The van der Waals surface area contributed by atoms with Crippen LogP contribution in [-0.2, 0) is 11.3 Å². The van der Waals surface area contributed by atoms with Gasteiger partial charge in [0.1, 0.15) is 5.75 Å². The van der Waals surface area contributed by atoms with E-state index in [9.17, 15) is 9.59 Å². The van der Waals surface area contributed by atoms with Crippen molar-refractivity contribution in [2.75, 3.05) is 13.4 Å². The number of amides is 1. The molecule has 6 heteroatoms. The van der Waals surface area contributed by atoms with Crippen molar-refractivity contribution in [3.05, 3.63) is 53.6 Å². The Morgan fingerprint density at radius 1 is 1.03 bits per heavy atom. The van der Waals surface area contributed by atoms with Gasteiger partial charge < -0.3 is 19.1 Å². The lowest BCUT2D eigenvalue weighted by Crippen LogP contribution is -2.41. The zero-order valence-corrected chi connectivity index (χ0v) is 17.3. The van der Waals surface area contributed by atoms with Gasteiger partial charge in [-0.25, -0.2) is 0 Å². The van der Waals surface area contributed by atoms with Crippen LogP contribution in [0.25, 0.3) is 0 Å². The molecular formula is C24H27NO5. The SMILES string of the molecule is CCC(=O)c1ccc(OCC(=O)N(Cc2ccc3c(c2)OCO3)C2CCCC2)cc1. The number of ether oxygens (including phenoxy) is 3. The molecule has 1 aliphatic heterocycles. The zero-order valence-electron chi connectivity index (χ0n) is 17.3. The molecule has 6 nitrogen and oxygen atoms in total. The lowest BCUT2D eigenvalue weighted by Gasteiger charge is -2.29. The second-order valence-electron chi connectivity index (χ2n) is 7.74. The summed E-state index contributed by atoms with van der Waals surface area (Å²) >= 11 is 0. The van der Waals surface area contributed by atoms with Crippen molar-refractivity contribution in [1.82, 2.24) is 4.90 Å². The number of ketones is 1. The summed E-state index contributed by atoms with van der Waals surface area (Å²) < 4.78 is 16.6. The van der Waals surface area contributed by atoms with Gasteiger partial charge in [0.2, 0.25) is 6.79 Å². The van der Waals surface area contributed by atoms with Gasteiger partial charge in [-0.05, 0) is 54.8 Å². The fourth-order valence-corrected chi connectivity index (χ4v) is 4.04. The highest BCUT2D eigenvalue weighted by molar-refractivity contribution is 5.95. The molecular weight excluding hydrogens is 382 g/mol. The minimum absolute atomic E-state index is 0.0257. The molecule has 0 unspecified atom stereocenters. The number of carbonyl (C=O) groups excluding carboxylic acids is 2. The fraction of sp³-hybridized carbons (Fsp3) is 0.417. The summed E-state index contributed by atoms with van der Waals surface area (Å²) in [7, 11) is 0. The van der Waals surface area contributed by atoms with Gasteiger partial charge in [0.25, 0.3) is 5.91 Å². The smallest absolute Gasteiger partial charge is 0.261 e. The van der Waals surface area contributed by atoms with E-state index in [0.29, 0.717) is 24.3 Å². The lowest BCUT2D eigenvalue weighted by molar-refractivity contribution is -0.136. The second-order valence-corrected chi connectivity index (χ2v) is 7.74. The number of nitrogens with zero attached hydrogens (tertiary/aromatic N) is 1. The van der Waals surface area contributed by atoms with Crippen LogP contribution in [0.15, 0.2) is 42.5 Å². The fourth-order valence-electron chi connectivity index (χ4n) is 4.04. The van der Waals surface area contributed by atoms with Crippen LogP contribution < -0.4 is 14.2 Å². The molecule has 1 amide bonds. The Morgan fingerprint density at radius 2 is 1.77 bits per heavy atom. The van der Waals surface area contributed by atoms with E-state index in [1.54, 1.807) is 24.3 Å². The van der Waals surface area contributed by atoms with Crippen LogP contribution in [-0.4, -0.2) is 36.0 Å². The molecule has 1 saturated carbocycles. The Morgan fingerprint density at radius 3 is 2.50 bits per heavy atom. The second kappa shape index (κ2) is 9.20. The van der Waals surface area contributed by atoms with Crippen molar-refractivity contribution in [3.63, 3.8) is 0 Å². The maximum absolute atomic E-state index is 13.1. The van der Waals surface area contributed by atoms with E-state index in [4.69, 9.17) is 14.2 Å². The number of benzene rings is 2. The summed E-state index contributed by atoms with van der Waals surface area (Å²) in [5.41, 5.74) is 1.67. The van der Waals surface area contributed by atoms with Crippen molar-refractivity contribution >= 4 is 11.7 Å². The molecule has 0 spiro atoms. The van der Waals surface area contributed by atoms with Crippen molar-refractivity contribution in [3.8, 4) is 17.2 Å². The van der Waals surface area contributed by atoms with Crippen LogP contribution in [0.2, 0.25) is 0 Å². The topological polar surface area (TPSA) is 65.1 Å². The Hall–Kier alpha value is -3.02. The number of hydrogen-bond acceptors (Lipinski definition) is 5. The normalized spacial score (nSPS) is 15.2. The maximum Gasteiger partial charge on any atom is 0.261 e. The molecule has 158 valence electrons. The van der Waals surface area contributed by atoms with Gasteiger partial charge in [-0.3, -0.25) is 9.59 Å². The Bertz CT molecular complexity index is 902. The number of carbonyl (C=O) groups is 2. The first kappa shape index (κ1) is 20.3. The van der Waals surface area contributed by atoms with Crippen LogP contribution in [0, 0.1) is 0 Å². The van der Waals surface area contributed by atoms with E-state index < -0.39 is 0 Å². The van der Waals surface area contributed by atoms with E-state index in [-0.39, 0.29) is 31.1 Å². The zero-order chi connectivity index (χ0) is 20.9. The highest BCUT2D eigenvalue weighted by Gasteiger charge is 2.27. The average Bonchev–Trinajstić information content (AvgIpc) is 3.47. The van der Waals surface area contributed by atoms with Gasteiger partial charge in [0, 0.05) is 24.6 Å². The third-order valence-electron chi connectivity index (χ3n) is 5.74. The van der Waals surface area contributed by atoms with Gasteiger partial charge in [0.15, 0.2) is 23.9 Å². The molecule has 0 bridgehead atoms. The van der Waals surface area contributed by atoms with Crippen LogP contribution in [0.3, 0.4) is 0 Å². The summed E-state index contributed by atoms with van der Waals surface area (Å²) in [6.45, 7) is 2.57. The molecule has 0 N–H and O–H groups in total. The summed E-state index contributed by atoms with van der Waals surface area (Å²) in [5, 5.41) is 0. The molecule has 4 rings (SSSR count). The summed E-state index contributed by atoms with van der Waals surface area (Å²) in [5.74, 6) is 2.11. The Balaban J connectivity index is 1.41. The molecule has 0 aromatic heterocycles. The predicted octanol–water partition coefficient (Wildman–Crippen LogP) is 4.36. The minimum atomic E-state index is -0.0340. The number of fused-ring (bicyclic) bond motifs is 1. The van der Waals surface area contributed by atoms with Crippen LogP contribution >= 0.6 is 0 Å². The Labute approximate surface area is 176 Å². The number of Topliss-reactive ketones (excluding diaryl/α,β-unsaturated/α-hetero) is 1. The molecule has 1 heterocycles. The molecule has 2 aromatic carbocycles. The number of hydrogen-bond donors (Lipinski definition) is 0. The van der Waals surface area contributed by atoms with E-state index >= 15 is 0 Å². The van der Waals surface area contributed by atoms with Crippen LogP contribution in [0.4, 0.5) is 0 Å². The first-order valence-electron chi connectivity index (χ1n) is 10.6. The quantitative estimate of drug-likeness (QED) is 0.606. The summed E-state index contributed by atoms with van der Waals surface area (Å²) in [6.07, 6.45) is 4.79. The molecule has 30 heavy (non-hydrogen) atoms. The van der Waals surface area contributed by atoms with Crippen molar-refractivity contribution in [2.45, 2.75) is 51.6 Å². The highest BCUT2D eigenvalue weighted by atomic mass is 16.7. The van der Waals surface area contributed by atoms with Crippen LogP contribution in [0.5, 0.6) is 17.2 Å². The highest BCUT2D eigenvalue weighted by Crippen LogP contribution is 2.33. The van der Waals surface area contributed by atoms with E-state index in [1.165, 1.54) is 0 Å². The molecule has 0 atom stereocenters. The standard InChI is InChI=1S/C24H27NO5/c1-2-21(26)18-8-10-20(11-9-18)28-15-24(27)25(19-5-3-4-6-19)14-17-7-12-22-23(13-17)30-16-29-22/h7-13,19H,2-6,14-16H2,1H3. The van der Waals surface area contributed by atoms with Gasteiger partial charge in [-0.2, -0.15) is 0 Å². The van der Waals surface area contributed by atoms with Crippen molar-refractivity contribution in [2.24, 2.45) is 0 Å². The molecule has 0 radical (unpaired) electrons. The number of rotatable bonds is 8. The maximum atomic E-state index is 13.1. The van der Waals surface area contributed by atoms with Gasteiger partial charge in [-0.1, -0.05) is 25.8 Å². The van der Waals surface area contributed by atoms with Gasteiger partial charge >= 0.3 is 0 Å². The summed E-state index contributed by atoms with van der Waals surface area (Å²) in [4.78, 5) is 26.7. The first-order chi connectivity index (χ1) is 14.6. The molecule has 0 saturated heterocycles. The van der Waals surface area contributed by atoms with Crippen molar-refractivity contribution < 1.29 is 23.8 Å². The van der Waals surface area contributed by atoms with E-state index in [2.05, 4.69) is 0 Å². The van der Waals surface area contributed by atoms with E-state index in [0.717, 1.165) is 42.7 Å². The predicted molar refractivity (Wildman–Crippen MR) is 112 cm³/mol. The van der Waals surface area contributed by atoms with Crippen LogP contribution in [0.1, 0.15) is 54.9 Å². The summed E-state index contributed by atoms with van der Waals surface area (Å²) in [6, 6.07) is 13.0. The van der Waals surface area contributed by atoms with Gasteiger partial charge in [0.05, 0.1) is 0 Å². The monoisotopic (exact) mass is 409 g/mol. The average molecular weight is 409 g/mol. The first-order valence-corrected chi connectivity index (χ1v) is 10.6. The largest absolute Gasteiger partial charge is 0.484 e. The van der Waals surface area contributed by atoms with Crippen molar-refractivity contribution in [1.29, 1.82) is 0 Å². The third kappa shape index (κ3) is 4.58. The van der Waals surface area contributed by atoms with Gasteiger partial charge in [-0.15, -0.1) is 0 Å². The minimum Gasteiger partial charge on any atom is -0.484 e. The molecule has 1 fully saturated rings. The van der Waals surface area contributed by atoms with E-state index in [1.807, 2.05) is 30.0 Å². The molecule has 2 aromatic rings. The lowest BCUT2D eigenvalue weighted by atomic mass is 10.1. The third-order valence-corrected chi connectivity index (χ3v) is 5.74. The molecule has 2 aliphatic rings. The Kier molecular flexibility index (Phi) is 6.21. The molecule has 1 aliphatic carbocycles.